The van der Waals surface area contributed by atoms with Crippen LogP contribution in [0.1, 0.15) is 36.5 Å². The van der Waals surface area contributed by atoms with Crippen molar-refractivity contribution in [2.45, 2.75) is 43.4 Å². The number of carbonyl (C=O) groups excluding carboxylic acids is 1. The van der Waals surface area contributed by atoms with Crippen LogP contribution in [0, 0.1) is 0 Å². The van der Waals surface area contributed by atoms with Gasteiger partial charge in [-0.15, -0.1) is 11.8 Å². The topological polar surface area (TPSA) is 53.4 Å². The van der Waals surface area contributed by atoms with E-state index in [1.807, 2.05) is 17.2 Å². The second-order valence-electron chi connectivity index (χ2n) is 4.89. The standard InChI is InChI=1S/C14H20N2O2S/c1-10(17)12-5-3-4-8-16(12)14(18)11-6-7-15-13(9-11)19-2/h6-7,9-10,12,17H,3-5,8H2,1-2H3. The number of nitrogens with zero attached hydrogens (tertiary/aromatic N) is 2. The van der Waals surface area contributed by atoms with Crippen LogP contribution in [0.25, 0.3) is 0 Å². The van der Waals surface area contributed by atoms with Crippen molar-refractivity contribution < 1.29 is 9.90 Å². The summed E-state index contributed by atoms with van der Waals surface area (Å²) in [5.41, 5.74) is 0.659. The molecule has 19 heavy (non-hydrogen) atoms. The first-order valence-electron chi connectivity index (χ1n) is 6.62. The van der Waals surface area contributed by atoms with Gasteiger partial charge in [0.2, 0.25) is 0 Å². The largest absolute Gasteiger partial charge is 0.391 e. The van der Waals surface area contributed by atoms with Gasteiger partial charge >= 0.3 is 0 Å². The molecular weight excluding hydrogens is 260 g/mol. The van der Waals surface area contributed by atoms with Gasteiger partial charge in [-0.25, -0.2) is 4.98 Å². The van der Waals surface area contributed by atoms with Gasteiger partial charge in [-0.3, -0.25) is 4.79 Å². The second kappa shape index (κ2) is 6.39. The van der Waals surface area contributed by atoms with E-state index in [0.29, 0.717) is 5.56 Å². The second-order valence-corrected chi connectivity index (χ2v) is 5.72. The third kappa shape index (κ3) is 3.28. The van der Waals surface area contributed by atoms with E-state index >= 15 is 0 Å². The molecule has 0 saturated carbocycles. The van der Waals surface area contributed by atoms with Crippen molar-refractivity contribution in [3.8, 4) is 0 Å². The Labute approximate surface area is 118 Å². The van der Waals surface area contributed by atoms with E-state index in [9.17, 15) is 9.90 Å². The molecule has 1 aliphatic rings. The molecule has 2 unspecified atom stereocenters. The van der Waals surface area contributed by atoms with Gasteiger partial charge in [-0.2, -0.15) is 0 Å². The molecular formula is C14H20N2O2S. The zero-order valence-electron chi connectivity index (χ0n) is 11.4. The number of hydrogen-bond acceptors (Lipinski definition) is 4. The first-order chi connectivity index (χ1) is 9.13. The number of likely N-dealkylation sites (tertiary alicyclic amines) is 1. The van der Waals surface area contributed by atoms with E-state index in [2.05, 4.69) is 4.98 Å². The molecule has 0 radical (unpaired) electrons. The highest BCUT2D eigenvalue weighted by molar-refractivity contribution is 7.98. The van der Waals surface area contributed by atoms with Crippen molar-refractivity contribution in [2.24, 2.45) is 0 Å². The van der Waals surface area contributed by atoms with Crippen LogP contribution >= 0.6 is 11.8 Å². The lowest BCUT2D eigenvalue weighted by molar-refractivity contribution is 0.0280. The predicted octanol–water partition coefficient (Wildman–Crippen LogP) is 2.18. The smallest absolute Gasteiger partial charge is 0.254 e. The molecule has 1 amide bonds. The summed E-state index contributed by atoms with van der Waals surface area (Å²) >= 11 is 1.52. The number of aromatic nitrogens is 1. The molecule has 2 heterocycles. The minimum atomic E-state index is -0.480. The van der Waals surface area contributed by atoms with Gasteiger partial charge in [0, 0.05) is 18.3 Å². The Kier molecular flexibility index (Phi) is 4.82. The zero-order chi connectivity index (χ0) is 13.8. The van der Waals surface area contributed by atoms with E-state index < -0.39 is 6.10 Å². The molecule has 2 rings (SSSR count). The fourth-order valence-corrected chi connectivity index (χ4v) is 2.94. The lowest BCUT2D eigenvalue weighted by atomic mass is 9.97. The van der Waals surface area contributed by atoms with Gasteiger partial charge in [0.15, 0.2) is 0 Å². The molecule has 1 aromatic rings. The quantitative estimate of drug-likeness (QED) is 0.862. The summed E-state index contributed by atoms with van der Waals surface area (Å²) in [5.74, 6) is 0.00306. The van der Waals surface area contributed by atoms with Gasteiger partial charge in [-0.05, 0) is 44.6 Å². The van der Waals surface area contributed by atoms with Crippen molar-refractivity contribution in [3.63, 3.8) is 0 Å². The normalized spacial score (nSPS) is 21.2. The van der Waals surface area contributed by atoms with Crippen LogP contribution in [-0.4, -0.2) is 45.8 Å². The van der Waals surface area contributed by atoms with Crippen molar-refractivity contribution >= 4 is 17.7 Å². The van der Waals surface area contributed by atoms with Gasteiger partial charge in [0.05, 0.1) is 17.2 Å². The van der Waals surface area contributed by atoms with E-state index in [1.165, 1.54) is 11.8 Å². The molecule has 1 aliphatic heterocycles. The Bertz CT molecular complexity index is 451. The maximum Gasteiger partial charge on any atom is 0.254 e. The Balaban J connectivity index is 2.21. The fourth-order valence-electron chi connectivity index (χ4n) is 2.53. The first-order valence-corrected chi connectivity index (χ1v) is 7.85. The minimum absolute atomic E-state index is 0.00306. The Morgan fingerprint density at radius 2 is 2.37 bits per heavy atom. The summed E-state index contributed by atoms with van der Waals surface area (Å²) in [7, 11) is 0. The highest BCUT2D eigenvalue weighted by Crippen LogP contribution is 2.23. The molecule has 5 heteroatoms. The van der Waals surface area contributed by atoms with Gasteiger partial charge in [0.25, 0.3) is 5.91 Å². The molecule has 0 spiro atoms. The summed E-state index contributed by atoms with van der Waals surface area (Å²) in [5, 5.41) is 10.7. The van der Waals surface area contributed by atoms with Crippen LogP contribution in [0.2, 0.25) is 0 Å². The molecule has 1 saturated heterocycles. The molecule has 4 nitrogen and oxygen atoms in total. The van der Waals surface area contributed by atoms with Crippen LogP contribution in [0.15, 0.2) is 23.4 Å². The number of pyridine rings is 1. The Morgan fingerprint density at radius 3 is 3.05 bits per heavy atom. The third-order valence-corrected chi connectivity index (χ3v) is 4.20. The summed E-state index contributed by atoms with van der Waals surface area (Å²) in [6.07, 6.45) is 6.09. The van der Waals surface area contributed by atoms with E-state index in [0.717, 1.165) is 30.8 Å². The molecule has 104 valence electrons. The number of rotatable bonds is 3. The van der Waals surface area contributed by atoms with E-state index in [-0.39, 0.29) is 11.9 Å². The summed E-state index contributed by atoms with van der Waals surface area (Å²) in [6.45, 7) is 2.49. The summed E-state index contributed by atoms with van der Waals surface area (Å²) in [4.78, 5) is 18.6. The van der Waals surface area contributed by atoms with Crippen molar-refractivity contribution in [1.82, 2.24) is 9.88 Å². The van der Waals surface area contributed by atoms with Gasteiger partial charge in [-0.1, -0.05) is 0 Å². The molecule has 2 atom stereocenters. The van der Waals surface area contributed by atoms with Crippen LogP contribution in [-0.2, 0) is 0 Å². The minimum Gasteiger partial charge on any atom is -0.391 e. The van der Waals surface area contributed by atoms with Crippen molar-refractivity contribution in [2.75, 3.05) is 12.8 Å². The van der Waals surface area contributed by atoms with Crippen LogP contribution < -0.4 is 0 Å². The molecule has 1 fully saturated rings. The predicted molar refractivity (Wildman–Crippen MR) is 76.4 cm³/mol. The fraction of sp³-hybridized carbons (Fsp3) is 0.571. The monoisotopic (exact) mass is 280 g/mol. The summed E-state index contributed by atoms with van der Waals surface area (Å²) in [6, 6.07) is 3.50. The maximum atomic E-state index is 12.6. The highest BCUT2D eigenvalue weighted by atomic mass is 32.2. The molecule has 1 aromatic heterocycles. The number of carbonyl (C=O) groups is 1. The lowest BCUT2D eigenvalue weighted by Gasteiger charge is -2.37. The number of thioether (sulfide) groups is 1. The van der Waals surface area contributed by atoms with Crippen molar-refractivity contribution in [3.05, 3.63) is 23.9 Å². The average Bonchev–Trinajstić information content (AvgIpc) is 2.46. The Morgan fingerprint density at radius 1 is 1.58 bits per heavy atom. The number of piperidine rings is 1. The van der Waals surface area contributed by atoms with Crippen molar-refractivity contribution in [1.29, 1.82) is 0 Å². The Hall–Kier alpha value is -1.07. The number of aliphatic hydroxyl groups excluding tert-OH is 1. The first kappa shape index (κ1) is 14.3. The summed E-state index contributed by atoms with van der Waals surface area (Å²) < 4.78 is 0. The molecule has 0 aromatic carbocycles. The van der Waals surface area contributed by atoms with Crippen LogP contribution in [0.3, 0.4) is 0 Å². The van der Waals surface area contributed by atoms with E-state index in [1.54, 1.807) is 19.2 Å². The maximum absolute atomic E-state index is 12.6. The third-order valence-electron chi connectivity index (χ3n) is 3.56. The highest BCUT2D eigenvalue weighted by Gasteiger charge is 2.30. The van der Waals surface area contributed by atoms with Gasteiger partial charge in [0.1, 0.15) is 0 Å². The van der Waals surface area contributed by atoms with Gasteiger partial charge < -0.3 is 10.0 Å². The number of hydrogen-bond donors (Lipinski definition) is 1. The zero-order valence-corrected chi connectivity index (χ0v) is 12.2. The van der Waals surface area contributed by atoms with Crippen LogP contribution in [0.5, 0.6) is 0 Å². The average molecular weight is 280 g/mol. The molecule has 0 aliphatic carbocycles. The number of aliphatic hydroxyl groups is 1. The number of amides is 1. The SMILES string of the molecule is CSc1cc(C(=O)N2CCCCC2C(C)O)ccn1. The molecule has 1 N–H and O–H groups in total. The lowest BCUT2D eigenvalue weighted by Crippen LogP contribution is -2.48. The molecule has 0 bridgehead atoms. The van der Waals surface area contributed by atoms with E-state index in [4.69, 9.17) is 0 Å². The van der Waals surface area contributed by atoms with Crippen LogP contribution in [0.4, 0.5) is 0 Å².